The number of alkyl halides is 4. The Labute approximate surface area is 204 Å². The lowest BCUT2D eigenvalue weighted by molar-refractivity contribution is -0.123. The van der Waals surface area contributed by atoms with Gasteiger partial charge in [-0.1, -0.05) is 19.9 Å². The maximum atomic E-state index is 13.3. The Bertz CT molecular complexity index is 1240. The quantitative estimate of drug-likeness (QED) is 0.336. The van der Waals surface area contributed by atoms with Gasteiger partial charge in [-0.15, -0.1) is 0 Å². The standard InChI is InChI=1S/C23H25F4N7O2/c1-22(2,11-24)17-10-36-21(32-17)34-18-16(19(35)30-12-23(25,26)27)9-29-20(33-18)31-15-4-3-13-5-6-28-8-14(13)7-15/h3-4,7,9-10,28H,5-6,8,11-12H2,1-2H3,(H,30,35)(H2,29,31,32,33,34). The van der Waals surface area contributed by atoms with Gasteiger partial charge < -0.3 is 20.4 Å². The number of nitrogens with zero attached hydrogens (tertiary/aromatic N) is 3. The second-order valence-electron chi connectivity index (χ2n) is 8.97. The summed E-state index contributed by atoms with van der Waals surface area (Å²) in [5.41, 5.74) is 2.18. The molecule has 0 bridgehead atoms. The second kappa shape index (κ2) is 10.1. The van der Waals surface area contributed by atoms with Crippen LogP contribution in [0.5, 0.6) is 0 Å². The van der Waals surface area contributed by atoms with Crippen molar-refractivity contribution in [2.75, 3.05) is 30.4 Å². The fourth-order valence-corrected chi connectivity index (χ4v) is 3.48. The molecule has 4 rings (SSSR count). The monoisotopic (exact) mass is 507 g/mol. The van der Waals surface area contributed by atoms with E-state index in [9.17, 15) is 22.4 Å². The van der Waals surface area contributed by atoms with Crippen LogP contribution in [0.4, 0.5) is 41.0 Å². The maximum absolute atomic E-state index is 13.3. The minimum Gasteiger partial charge on any atom is -0.432 e. The predicted octanol–water partition coefficient (Wildman–Crippen LogP) is 4.14. The highest BCUT2D eigenvalue weighted by Crippen LogP contribution is 2.27. The van der Waals surface area contributed by atoms with Crippen LogP contribution in [-0.4, -0.2) is 46.8 Å². The van der Waals surface area contributed by atoms with Crippen LogP contribution in [0.2, 0.25) is 0 Å². The van der Waals surface area contributed by atoms with E-state index in [0.717, 1.165) is 31.3 Å². The molecule has 13 heteroatoms. The van der Waals surface area contributed by atoms with E-state index in [4.69, 9.17) is 4.42 Å². The van der Waals surface area contributed by atoms with E-state index in [0.29, 0.717) is 11.4 Å². The SMILES string of the molecule is CC(C)(CF)c1coc(Nc2nc(Nc3ccc4c(c3)CNCC4)ncc2C(=O)NCC(F)(F)F)n1. The van der Waals surface area contributed by atoms with E-state index in [-0.39, 0.29) is 23.3 Å². The smallest absolute Gasteiger partial charge is 0.405 e. The number of benzene rings is 1. The largest absolute Gasteiger partial charge is 0.432 e. The number of halogens is 4. The number of amides is 1. The summed E-state index contributed by atoms with van der Waals surface area (Å²) >= 11 is 0. The topological polar surface area (TPSA) is 117 Å². The lowest BCUT2D eigenvalue weighted by Gasteiger charge is -2.18. The molecule has 0 unspecified atom stereocenters. The summed E-state index contributed by atoms with van der Waals surface area (Å²) in [7, 11) is 0. The fourth-order valence-electron chi connectivity index (χ4n) is 3.48. The second-order valence-corrected chi connectivity index (χ2v) is 8.97. The first-order valence-corrected chi connectivity index (χ1v) is 11.1. The summed E-state index contributed by atoms with van der Waals surface area (Å²) in [5.74, 6) is -1.10. The first-order valence-electron chi connectivity index (χ1n) is 11.1. The van der Waals surface area contributed by atoms with Gasteiger partial charge in [-0.05, 0) is 36.2 Å². The molecule has 1 aliphatic heterocycles. The molecule has 0 atom stereocenters. The van der Waals surface area contributed by atoms with Gasteiger partial charge in [0.1, 0.15) is 25.0 Å². The Morgan fingerprint density at radius 3 is 2.72 bits per heavy atom. The van der Waals surface area contributed by atoms with Gasteiger partial charge in [0.2, 0.25) is 5.95 Å². The molecule has 1 aliphatic rings. The van der Waals surface area contributed by atoms with Crippen molar-refractivity contribution in [2.24, 2.45) is 0 Å². The third kappa shape index (κ3) is 6.08. The summed E-state index contributed by atoms with van der Waals surface area (Å²) in [6, 6.07) is 5.70. The van der Waals surface area contributed by atoms with Crippen molar-refractivity contribution in [3.05, 3.63) is 53.0 Å². The molecule has 0 spiro atoms. The number of hydrogen-bond donors (Lipinski definition) is 4. The molecule has 0 fully saturated rings. The van der Waals surface area contributed by atoms with E-state index in [1.165, 1.54) is 11.8 Å². The molecule has 192 valence electrons. The number of anilines is 4. The molecule has 3 aromatic rings. The Kier molecular flexibility index (Phi) is 7.11. The maximum Gasteiger partial charge on any atom is 0.405 e. The molecule has 9 nitrogen and oxygen atoms in total. The Balaban J connectivity index is 1.61. The van der Waals surface area contributed by atoms with Gasteiger partial charge in [0.15, 0.2) is 5.82 Å². The van der Waals surface area contributed by atoms with Gasteiger partial charge >= 0.3 is 12.2 Å². The number of nitrogens with one attached hydrogen (secondary N) is 4. The van der Waals surface area contributed by atoms with E-state index in [1.807, 2.05) is 18.2 Å². The number of rotatable bonds is 8. The molecule has 0 aliphatic carbocycles. The zero-order chi connectivity index (χ0) is 25.9. The van der Waals surface area contributed by atoms with Gasteiger partial charge in [0.25, 0.3) is 5.91 Å². The van der Waals surface area contributed by atoms with Crippen molar-refractivity contribution in [1.82, 2.24) is 25.6 Å². The van der Waals surface area contributed by atoms with E-state index in [1.54, 1.807) is 19.2 Å². The summed E-state index contributed by atoms with van der Waals surface area (Å²) in [6.45, 7) is 2.67. The zero-order valence-electron chi connectivity index (χ0n) is 19.6. The minimum absolute atomic E-state index is 0.0875. The lowest BCUT2D eigenvalue weighted by Crippen LogP contribution is -2.34. The molecule has 2 aromatic heterocycles. The van der Waals surface area contributed by atoms with Gasteiger partial charge in [-0.25, -0.2) is 4.98 Å². The molecule has 3 heterocycles. The fraction of sp³-hybridized carbons (Fsp3) is 0.391. The zero-order valence-corrected chi connectivity index (χ0v) is 19.6. The summed E-state index contributed by atoms with van der Waals surface area (Å²) in [5, 5.41) is 10.8. The molecule has 0 saturated carbocycles. The van der Waals surface area contributed by atoms with E-state index >= 15 is 0 Å². The molecular formula is C23H25F4N7O2. The first-order chi connectivity index (χ1) is 17.0. The van der Waals surface area contributed by atoms with Crippen LogP contribution in [0, 0.1) is 0 Å². The first kappa shape index (κ1) is 25.4. The van der Waals surface area contributed by atoms with Crippen LogP contribution in [0.3, 0.4) is 0 Å². The summed E-state index contributed by atoms with van der Waals surface area (Å²) in [6.07, 6.45) is -1.33. The Morgan fingerprint density at radius 2 is 1.97 bits per heavy atom. The van der Waals surface area contributed by atoms with Crippen molar-refractivity contribution in [2.45, 2.75) is 38.4 Å². The van der Waals surface area contributed by atoms with Crippen molar-refractivity contribution in [1.29, 1.82) is 0 Å². The highest BCUT2D eigenvalue weighted by atomic mass is 19.4. The van der Waals surface area contributed by atoms with Crippen LogP contribution in [-0.2, 0) is 18.4 Å². The van der Waals surface area contributed by atoms with E-state index < -0.39 is 30.7 Å². The van der Waals surface area contributed by atoms with Crippen molar-refractivity contribution >= 4 is 29.4 Å². The number of fused-ring (bicyclic) bond motifs is 1. The average molecular weight is 507 g/mol. The lowest BCUT2D eigenvalue weighted by atomic mass is 9.92. The van der Waals surface area contributed by atoms with Crippen LogP contribution in [0.15, 0.2) is 35.1 Å². The molecule has 1 aromatic carbocycles. The number of carbonyl (C=O) groups is 1. The molecule has 1 amide bonds. The van der Waals surface area contributed by atoms with E-state index in [2.05, 4.69) is 30.9 Å². The van der Waals surface area contributed by atoms with Crippen LogP contribution < -0.4 is 21.3 Å². The van der Waals surface area contributed by atoms with Crippen LogP contribution in [0.1, 0.15) is 41.0 Å². The van der Waals surface area contributed by atoms with Crippen molar-refractivity contribution in [3.63, 3.8) is 0 Å². The molecule has 36 heavy (non-hydrogen) atoms. The molecular weight excluding hydrogens is 482 g/mol. The summed E-state index contributed by atoms with van der Waals surface area (Å²) in [4.78, 5) is 25.0. The van der Waals surface area contributed by atoms with Crippen molar-refractivity contribution < 1.29 is 26.8 Å². The number of aromatic nitrogens is 3. The number of hydrogen-bond acceptors (Lipinski definition) is 8. The molecule has 0 saturated heterocycles. The normalized spacial score (nSPS) is 13.7. The number of carbonyl (C=O) groups excluding carboxylic acids is 1. The highest BCUT2D eigenvalue weighted by molar-refractivity contribution is 5.99. The average Bonchev–Trinajstić information content (AvgIpc) is 3.32. The van der Waals surface area contributed by atoms with Crippen LogP contribution >= 0.6 is 0 Å². The predicted molar refractivity (Wildman–Crippen MR) is 124 cm³/mol. The van der Waals surface area contributed by atoms with Gasteiger partial charge in [0.05, 0.1) is 5.69 Å². The molecule has 4 N–H and O–H groups in total. The van der Waals surface area contributed by atoms with Crippen LogP contribution in [0.25, 0.3) is 0 Å². The van der Waals surface area contributed by atoms with Crippen molar-refractivity contribution in [3.8, 4) is 0 Å². The Morgan fingerprint density at radius 1 is 1.17 bits per heavy atom. The van der Waals surface area contributed by atoms with Gasteiger partial charge in [-0.3, -0.25) is 14.5 Å². The Hall–Kier alpha value is -3.74. The summed E-state index contributed by atoms with van der Waals surface area (Å²) < 4.78 is 56.5. The number of oxazole rings is 1. The van der Waals surface area contributed by atoms with Gasteiger partial charge in [-0.2, -0.15) is 23.1 Å². The third-order valence-electron chi connectivity index (χ3n) is 5.59. The third-order valence-corrected chi connectivity index (χ3v) is 5.59. The van der Waals surface area contributed by atoms with Gasteiger partial charge in [0, 0.05) is 23.8 Å². The molecule has 0 radical (unpaired) electrons. The highest BCUT2D eigenvalue weighted by Gasteiger charge is 2.29. The minimum atomic E-state index is -4.59.